The van der Waals surface area contributed by atoms with E-state index in [-0.39, 0.29) is 5.82 Å². The Hall–Kier alpha value is -1.09. The molecule has 0 saturated heterocycles. The Morgan fingerprint density at radius 2 is 2.31 bits per heavy atom. The lowest BCUT2D eigenvalue weighted by atomic mass is 9.94. The van der Waals surface area contributed by atoms with Crippen LogP contribution in [-0.2, 0) is 6.42 Å². The molecule has 0 aliphatic carbocycles. The van der Waals surface area contributed by atoms with Crippen molar-refractivity contribution < 1.29 is 4.39 Å². The Balaban J connectivity index is 2.20. The Labute approximate surface area is 96.5 Å². The van der Waals surface area contributed by atoms with Gasteiger partial charge in [0.05, 0.1) is 5.69 Å². The molecule has 1 unspecified atom stereocenters. The average Bonchev–Trinajstić information content (AvgIpc) is 2.28. The Kier molecular flexibility index (Phi) is 3.44. The van der Waals surface area contributed by atoms with Gasteiger partial charge in [-0.3, -0.25) is 0 Å². The molecule has 1 atom stereocenters. The highest BCUT2D eigenvalue weighted by atomic mass is 19.1. The first-order chi connectivity index (χ1) is 7.74. The second-order valence-corrected chi connectivity index (χ2v) is 4.44. The zero-order chi connectivity index (χ0) is 11.5. The number of hydrogen-bond acceptors (Lipinski definition) is 2. The standard InChI is InChI=1S/C13H19FN2/c1-15-9-8-11-7-6-10-4-3-5-12(14)13(10)16(11)2/h3-5,11,15H,6-9H2,1-2H3. The number of aryl methyl sites for hydroxylation is 1. The molecule has 0 spiro atoms. The summed E-state index contributed by atoms with van der Waals surface area (Å²) < 4.78 is 13.8. The van der Waals surface area contributed by atoms with Crippen LogP contribution in [0.3, 0.4) is 0 Å². The highest BCUT2D eigenvalue weighted by molar-refractivity contribution is 5.57. The fourth-order valence-corrected chi connectivity index (χ4v) is 2.50. The van der Waals surface area contributed by atoms with Gasteiger partial charge in [-0.25, -0.2) is 4.39 Å². The summed E-state index contributed by atoms with van der Waals surface area (Å²) in [5.41, 5.74) is 1.94. The second kappa shape index (κ2) is 4.83. The van der Waals surface area contributed by atoms with Crippen molar-refractivity contribution in [2.45, 2.75) is 25.3 Å². The third-order valence-electron chi connectivity index (χ3n) is 3.45. The number of nitrogens with one attached hydrogen (secondary N) is 1. The van der Waals surface area contributed by atoms with Gasteiger partial charge in [0.25, 0.3) is 0 Å². The number of fused-ring (bicyclic) bond motifs is 1. The van der Waals surface area contributed by atoms with Gasteiger partial charge in [-0.15, -0.1) is 0 Å². The molecule has 16 heavy (non-hydrogen) atoms. The third kappa shape index (κ3) is 2.05. The first-order valence-corrected chi connectivity index (χ1v) is 5.89. The largest absolute Gasteiger partial charge is 0.369 e. The van der Waals surface area contributed by atoms with E-state index in [2.05, 4.69) is 10.2 Å². The van der Waals surface area contributed by atoms with Gasteiger partial charge in [0.15, 0.2) is 0 Å². The number of benzene rings is 1. The van der Waals surface area contributed by atoms with Crippen molar-refractivity contribution in [3.63, 3.8) is 0 Å². The predicted molar refractivity (Wildman–Crippen MR) is 65.5 cm³/mol. The summed E-state index contributed by atoms with van der Waals surface area (Å²) in [7, 11) is 3.96. The summed E-state index contributed by atoms with van der Waals surface area (Å²) >= 11 is 0. The lowest BCUT2D eigenvalue weighted by Crippen LogP contribution is -2.38. The van der Waals surface area contributed by atoms with Crippen LogP contribution >= 0.6 is 0 Å². The molecular formula is C13H19FN2. The first-order valence-electron chi connectivity index (χ1n) is 5.89. The summed E-state index contributed by atoms with van der Waals surface area (Å²) in [6.45, 7) is 0.985. The van der Waals surface area contributed by atoms with Crippen molar-refractivity contribution in [1.82, 2.24) is 5.32 Å². The van der Waals surface area contributed by atoms with E-state index >= 15 is 0 Å². The SMILES string of the molecule is CNCCC1CCc2cccc(F)c2N1C. The number of rotatable bonds is 3. The van der Waals surface area contributed by atoms with E-state index in [1.807, 2.05) is 20.2 Å². The molecule has 0 aromatic heterocycles. The van der Waals surface area contributed by atoms with Gasteiger partial charge >= 0.3 is 0 Å². The smallest absolute Gasteiger partial charge is 0.146 e. The maximum absolute atomic E-state index is 13.8. The van der Waals surface area contributed by atoms with Crippen molar-refractivity contribution in [2.75, 3.05) is 25.5 Å². The molecule has 0 fully saturated rings. The van der Waals surface area contributed by atoms with Gasteiger partial charge in [0.2, 0.25) is 0 Å². The molecule has 0 radical (unpaired) electrons. The quantitative estimate of drug-likeness (QED) is 0.843. The van der Waals surface area contributed by atoms with Crippen LogP contribution in [0, 0.1) is 5.82 Å². The summed E-state index contributed by atoms with van der Waals surface area (Å²) in [5.74, 6) is -0.0887. The molecule has 0 bridgehead atoms. The van der Waals surface area contributed by atoms with Gasteiger partial charge < -0.3 is 10.2 Å². The van der Waals surface area contributed by atoms with Crippen LogP contribution in [0.1, 0.15) is 18.4 Å². The van der Waals surface area contributed by atoms with Crippen LogP contribution in [-0.4, -0.2) is 26.7 Å². The number of halogens is 1. The number of anilines is 1. The van der Waals surface area contributed by atoms with E-state index in [0.717, 1.165) is 37.1 Å². The minimum Gasteiger partial charge on any atom is -0.369 e. The van der Waals surface area contributed by atoms with Crippen molar-refractivity contribution in [2.24, 2.45) is 0 Å². The van der Waals surface area contributed by atoms with Crippen molar-refractivity contribution in [1.29, 1.82) is 0 Å². The number of para-hydroxylation sites is 1. The minimum absolute atomic E-state index is 0.0887. The lowest BCUT2D eigenvalue weighted by Gasteiger charge is -2.36. The van der Waals surface area contributed by atoms with Gasteiger partial charge in [0.1, 0.15) is 5.82 Å². The maximum atomic E-state index is 13.8. The molecule has 2 nitrogen and oxygen atoms in total. The second-order valence-electron chi connectivity index (χ2n) is 4.44. The predicted octanol–water partition coefficient (Wildman–Crippen LogP) is 2.19. The van der Waals surface area contributed by atoms with Crippen LogP contribution in [0.5, 0.6) is 0 Å². The van der Waals surface area contributed by atoms with Crippen molar-refractivity contribution in [3.8, 4) is 0 Å². The van der Waals surface area contributed by atoms with Crippen molar-refractivity contribution in [3.05, 3.63) is 29.6 Å². The Morgan fingerprint density at radius 1 is 1.50 bits per heavy atom. The van der Waals surface area contributed by atoms with Crippen LogP contribution in [0.2, 0.25) is 0 Å². The maximum Gasteiger partial charge on any atom is 0.146 e. The van der Waals surface area contributed by atoms with Crippen LogP contribution in [0.25, 0.3) is 0 Å². The zero-order valence-electron chi connectivity index (χ0n) is 9.96. The highest BCUT2D eigenvalue weighted by Crippen LogP contribution is 2.32. The Morgan fingerprint density at radius 3 is 3.06 bits per heavy atom. The normalized spacial score (nSPS) is 19.7. The van der Waals surface area contributed by atoms with Crippen LogP contribution in [0.15, 0.2) is 18.2 Å². The van der Waals surface area contributed by atoms with E-state index in [0.29, 0.717) is 6.04 Å². The van der Waals surface area contributed by atoms with E-state index in [1.54, 1.807) is 12.1 Å². The van der Waals surface area contributed by atoms with Gasteiger partial charge in [-0.1, -0.05) is 12.1 Å². The summed E-state index contributed by atoms with van der Waals surface area (Å²) in [6, 6.07) is 5.84. The topological polar surface area (TPSA) is 15.3 Å². The Bertz CT molecular complexity index is 365. The van der Waals surface area contributed by atoms with E-state index in [4.69, 9.17) is 0 Å². The third-order valence-corrected chi connectivity index (χ3v) is 3.45. The fraction of sp³-hybridized carbons (Fsp3) is 0.538. The van der Waals surface area contributed by atoms with Crippen LogP contribution in [0.4, 0.5) is 10.1 Å². The fourth-order valence-electron chi connectivity index (χ4n) is 2.50. The number of nitrogens with zero attached hydrogens (tertiary/aromatic N) is 1. The molecule has 1 aromatic rings. The molecular weight excluding hydrogens is 203 g/mol. The molecule has 2 rings (SSSR count). The van der Waals surface area contributed by atoms with Gasteiger partial charge in [-0.05, 0) is 44.5 Å². The summed E-state index contributed by atoms with van der Waals surface area (Å²) in [5, 5.41) is 3.15. The molecule has 1 heterocycles. The van der Waals surface area contributed by atoms with E-state index < -0.39 is 0 Å². The van der Waals surface area contributed by atoms with Gasteiger partial charge in [0, 0.05) is 13.1 Å². The molecule has 1 aliphatic heterocycles. The minimum atomic E-state index is -0.0887. The lowest BCUT2D eigenvalue weighted by molar-refractivity contribution is 0.496. The molecule has 1 aliphatic rings. The molecule has 3 heteroatoms. The van der Waals surface area contributed by atoms with E-state index in [9.17, 15) is 4.39 Å². The molecule has 0 amide bonds. The zero-order valence-corrected chi connectivity index (χ0v) is 9.96. The van der Waals surface area contributed by atoms with Gasteiger partial charge in [-0.2, -0.15) is 0 Å². The molecule has 1 N–H and O–H groups in total. The molecule has 1 aromatic carbocycles. The monoisotopic (exact) mass is 222 g/mol. The van der Waals surface area contributed by atoms with Crippen molar-refractivity contribution >= 4 is 5.69 Å². The summed E-state index contributed by atoms with van der Waals surface area (Å²) in [4.78, 5) is 2.10. The number of hydrogen-bond donors (Lipinski definition) is 1. The first kappa shape index (κ1) is 11.4. The summed E-state index contributed by atoms with van der Waals surface area (Å²) in [6.07, 6.45) is 3.18. The molecule has 0 saturated carbocycles. The van der Waals surface area contributed by atoms with Crippen LogP contribution < -0.4 is 10.2 Å². The average molecular weight is 222 g/mol. The van der Waals surface area contributed by atoms with E-state index in [1.165, 1.54) is 0 Å². The molecule has 88 valence electrons. The highest BCUT2D eigenvalue weighted by Gasteiger charge is 2.25.